The van der Waals surface area contributed by atoms with E-state index in [1.54, 1.807) is 0 Å². The Labute approximate surface area is 81.2 Å². The van der Waals surface area contributed by atoms with E-state index in [4.69, 9.17) is 0 Å². The number of carbonyl (C=O) groups excluding carboxylic acids is 2. The predicted octanol–water partition coefficient (Wildman–Crippen LogP) is -1.43. The van der Waals surface area contributed by atoms with Crippen molar-refractivity contribution in [1.82, 2.24) is 4.98 Å². The molecule has 0 fully saturated rings. The molecule has 0 aliphatic rings. The Hall–Kier alpha value is -1.43. The average molecular weight is 244 g/mol. The van der Waals surface area contributed by atoms with E-state index in [1.807, 2.05) is 0 Å². The number of hydrogen-bond acceptors (Lipinski definition) is 5. The quantitative estimate of drug-likeness (QED) is 0.635. The first-order valence-corrected chi connectivity index (χ1v) is 3.91. The van der Waals surface area contributed by atoms with Crippen LogP contribution in [0.1, 0.15) is 21.0 Å². The van der Waals surface area contributed by atoms with Crippen LogP contribution in [0.4, 0.5) is 0 Å². The van der Waals surface area contributed by atoms with E-state index in [0.717, 1.165) is 6.07 Å². The summed E-state index contributed by atoms with van der Waals surface area (Å²) in [6.07, 6.45) is 0. The average Bonchev–Trinajstić information content (AvgIpc) is 2.04. The maximum absolute atomic E-state index is 10.4. The zero-order valence-electron chi connectivity index (χ0n) is 6.11. The number of nitrogens with zero attached hydrogens (tertiary/aromatic N) is 1. The van der Waals surface area contributed by atoms with Crippen LogP contribution in [0.25, 0.3) is 0 Å². The molecular weight excluding hydrogens is 242 g/mol. The van der Waals surface area contributed by atoms with Crippen LogP contribution in [0, 0.1) is 0 Å². The first kappa shape index (κ1) is 9.66. The monoisotopic (exact) mass is 243 g/mol. The molecule has 1 aromatic rings. The summed E-state index contributed by atoms with van der Waals surface area (Å²) in [6.45, 7) is 0. The number of carboxylic acid groups (broad SMARTS) is 2. The third kappa shape index (κ3) is 2.03. The van der Waals surface area contributed by atoms with Gasteiger partial charge in [0, 0.05) is 4.47 Å². The van der Waals surface area contributed by atoms with Crippen LogP contribution in [0.2, 0.25) is 0 Å². The summed E-state index contributed by atoms with van der Waals surface area (Å²) in [5.41, 5.74) is -0.899. The van der Waals surface area contributed by atoms with Gasteiger partial charge in [-0.3, -0.25) is 0 Å². The summed E-state index contributed by atoms with van der Waals surface area (Å²) >= 11 is 2.88. The smallest absolute Gasteiger partial charge is 0.101 e. The number of pyridine rings is 1. The molecule has 0 saturated carbocycles. The highest BCUT2D eigenvalue weighted by atomic mass is 79.9. The van der Waals surface area contributed by atoms with E-state index < -0.39 is 23.3 Å². The van der Waals surface area contributed by atoms with E-state index in [0.29, 0.717) is 0 Å². The molecule has 1 rings (SSSR count). The van der Waals surface area contributed by atoms with Crippen molar-refractivity contribution in [2.45, 2.75) is 0 Å². The zero-order chi connectivity index (χ0) is 10.0. The molecule has 68 valence electrons. The largest absolute Gasteiger partial charge is 0.543 e. The van der Waals surface area contributed by atoms with Crippen molar-refractivity contribution < 1.29 is 19.8 Å². The molecule has 13 heavy (non-hydrogen) atoms. The van der Waals surface area contributed by atoms with Crippen LogP contribution < -0.4 is 10.2 Å². The van der Waals surface area contributed by atoms with Gasteiger partial charge < -0.3 is 19.8 Å². The Balaban J connectivity index is 3.27. The molecule has 0 amide bonds. The minimum atomic E-state index is -1.55. The number of hydrogen-bond donors (Lipinski definition) is 0. The van der Waals surface area contributed by atoms with Crippen LogP contribution in [-0.4, -0.2) is 16.9 Å². The Morgan fingerprint density at radius 2 is 1.85 bits per heavy atom. The van der Waals surface area contributed by atoms with Gasteiger partial charge in [-0.05, 0) is 28.1 Å². The first-order valence-electron chi connectivity index (χ1n) is 3.11. The number of halogens is 1. The predicted molar refractivity (Wildman–Crippen MR) is 40.6 cm³/mol. The van der Waals surface area contributed by atoms with E-state index in [2.05, 4.69) is 20.9 Å². The van der Waals surface area contributed by atoms with Crippen molar-refractivity contribution in [3.05, 3.63) is 28.0 Å². The Morgan fingerprint density at radius 1 is 1.23 bits per heavy atom. The highest BCUT2D eigenvalue weighted by Crippen LogP contribution is 2.13. The fraction of sp³-hybridized carbons (Fsp3) is 0. The second-order valence-corrected chi connectivity index (χ2v) is 2.96. The molecule has 5 nitrogen and oxygen atoms in total. The highest BCUT2D eigenvalue weighted by Gasteiger charge is 2.04. The van der Waals surface area contributed by atoms with Gasteiger partial charge in [0.2, 0.25) is 0 Å². The lowest BCUT2D eigenvalue weighted by Crippen LogP contribution is -2.28. The van der Waals surface area contributed by atoms with E-state index in [-0.39, 0.29) is 4.47 Å². The van der Waals surface area contributed by atoms with Crippen LogP contribution >= 0.6 is 15.9 Å². The van der Waals surface area contributed by atoms with Gasteiger partial charge in [-0.1, -0.05) is 0 Å². The summed E-state index contributed by atoms with van der Waals surface area (Å²) in [4.78, 5) is 24.0. The number of aromatic carboxylic acids is 2. The standard InChI is InChI=1S/C7H4BrNO4/c8-3-1-2-4(6(10)11)9-5(3)7(12)13/h1-2H,(H,10,11)(H,12,13)/p-2. The van der Waals surface area contributed by atoms with Crippen molar-refractivity contribution in [2.24, 2.45) is 0 Å². The minimum Gasteiger partial charge on any atom is -0.543 e. The Kier molecular flexibility index (Phi) is 2.62. The van der Waals surface area contributed by atoms with Gasteiger partial charge in [0.1, 0.15) is 5.69 Å². The summed E-state index contributed by atoms with van der Waals surface area (Å²) in [7, 11) is 0. The molecule has 0 saturated heterocycles. The Bertz CT molecular complexity index is 377. The summed E-state index contributed by atoms with van der Waals surface area (Å²) < 4.78 is 0.164. The van der Waals surface area contributed by atoms with Crippen molar-refractivity contribution >= 4 is 27.9 Å². The normalized spacial score (nSPS) is 9.62. The molecule has 0 bridgehead atoms. The minimum absolute atomic E-state index is 0.164. The lowest BCUT2D eigenvalue weighted by atomic mass is 10.3. The summed E-state index contributed by atoms with van der Waals surface area (Å²) in [5, 5.41) is 20.7. The van der Waals surface area contributed by atoms with Crippen molar-refractivity contribution in [3.8, 4) is 0 Å². The van der Waals surface area contributed by atoms with Crippen LogP contribution in [0.5, 0.6) is 0 Å². The van der Waals surface area contributed by atoms with E-state index >= 15 is 0 Å². The molecule has 6 heteroatoms. The van der Waals surface area contributed by atoms with Gasteiger partial charge in [-0.25, -0.2) is 4.98 Å². The third-order valence-corrected chi connectivity index (χ3v) is 1.89. The third-order valence-electron chi connectivity index (χ3n) is 1.25. The van der Waals surface area contributed by atoms with Gasteiger partial charge >= 0.3 is 0 Å². The fourth-order valence-corrected chi connectivity index (χ4v) is 1.08. The lowest BCUT2D eigenvalue weighted by molar-refractivity contribution is -0.255. The highest BCUT2D eigenvalue weighted by molar-refractivity contribution is 9.10. The molecule has 0 spiro atoms. The SMILES string of the molecule is O=C([O-])c1ccc(Br)c(C(=O)[O-])n1. The second kappa shape index (κ2) is 3.53. The maximum atomic E-state index is 10.4. The van der Waals surface area contributed by atoms with Crippen LogP contribution in [-0.2, 0) is 0 Å². The van der Waals surface area contributed by atoms with Gasteiger partial charge in [0.05, 0.1) is 17.6 Å². The molecular formula is C7H2BrNO4-2. The topological polar surface area (TPSA) is 93.1 Å². The molecule has 0 unspecified atom stereocenters. The number of carboxylic acids is 2. The summed E-state index contributed by atoms with van der Waals surface area (Å²) in [6, 6.07) is 2.38. The fourth-order valence-electron chi connectivity index (χ4n) is 0.699. The molecule has 0 aliphatic carbocycles. The molecule has 1 aromatic heterocycles. The molecule has 1 heterocycles. The second-order valence-electron chi connectivity index (χ2n) is 2.10. The van der Waals surface area contributed by atoms with Gasteiger partial charge in [-0.15, -0.1) is 0 Å². The lowest BCUT2D eigenvalue weighted by Gasteiger charge is -2.07. The van der Waals surface area contributed by atoms with Crippen LogP contribution in [0.15, 0.2) is 16.6 Å². The number of aromatic nitrogens is 1. The summed E-state index contributed by atoms with van der Waals surface area (Å²) in [5.74, 6) is -3.08. The molecule has 0 atom stereocenters. The number of carbonyl (C=O) groups is 2. The van der Waals surface area contributed by atoms with Crippen molar-refractivity contribution in [2.75, 3.05) is 0 Å². The molecule has 0 radical (unpaired) electrons. The van der Waals surface area contributed by atoms with E-state index in [9.17, 15) is 19.8 Å². The molecule has 0 aromatic carbocycles. The molecule has 0 N–H and O–H groups in total. The van der Waals surface area contributed by atoms with Gasteiger partial charge in [0.15, 0.2) is 0 Å². The van der Waals surface area contributed by atoms with Gasteiger partial charge in [0.25, 0.3) is 0 Å². The van der Waals surface area contributed by atoms with Gasteiger partial charge in [-0.2, -0.15) is 0 Å². The molecule has 0 aliphatic heterocycles. The maximum Gasteiger partial charge on any atom is 0.101 e. The van der Waals surface area contributed by atoms with Crippen molar-refractivity contribution in [3.63, 3.8) is 0 Å². The Morgan fingerprint density at radius 3 is 2.31 bits per heavy atom. The van der Waals surface area contributed by atoms with E-state index in [1.165, 1.54) is 6.07 Å². The number of rotatable bonds is 2. The first-order chi connectivity index (χ1) is 6.02. The zero-order valence-corrected chi connectivity index (χ0v) is 7.70. The van der Waals surface area contributed by atoms with Crippen molar-refractivity contribution in [1.29, 1.82) is 0 Å². The van der Waals surface area contributed by atoms with Crippen LogP contribution in [0.3, 0.4) is 0 Å².